The number of hydrogen-bond donors (Lipinski definition) is 0. The zero-order chi connectivity index (χ0) is 6.85. The minimum absolute atomic E-state index is 0.218. The van der Waals surface area contributed by atoms with Crippen LogP contribution in [0.3, 0.4) is 0 Å². The summed E-state index contributed by atoms with van der Waals surface area (Å²) in [5.41, 5.74) is 0. The van der Waals surface area contributed by atoms with Crippen LogP contribution in [0.2, 0.25) is 0 Å². The number of halogens is 3. The molecule has 0 fully saturated rings. The van der Waals surface area contributed by atoms with E-state index in [2.05, 4.69) is 31.9 Å². The number of alkyl halides is 2. The molecule has 2 atom stereocenters. The highest BCUT2D eigenvalue weighted by atomic mass is 79.9. The van der Waals surface area contributed by atoms with Gasteiger partial charge in [0, 0.05) is 11.2 Å². The molecule has 0 N–H and O–H groups in total. The molecule has 52 valence electrons. The Kier molecular flexibility index (Phi) is 2.71. The molecule has 1 aliphatic carbocycles. The summed E-state index contributed by atoms with van der Waals surface area (Å²) in [5.74, 6) is 0. The Bertz CT molecular complexity index is 133. The van der Waals surface area contributed by atoms with Gasteiger partial charge in [-0.15, -0.1) is 0 Å². The van der Waals surface area contributed by atoms with Gasteiger partial charge < -0.3 is 0 Å². The summed E-state index contributed by atoms with van der Waals surface area (Å²) in [5, 5.41) is 0. The van der Waals surface area contributed by atoms with Gasteiger partial charge in [-0.3, -0.25) is 0 Å². The first-order valence-electron chi connectivity index (χ1n) is 2.83. The van der Waals surface area contributed by atoms with Crippen LogP contribution in [0, 0.1) is 0 Å². The molecule has 0 aromatic carbocycles. The minimum Gasteiger partial charge on any atom is -0.247 e. The second-order valence-electron chi connectivity index (χ2n) is 2.17. The molecule has 0 aliphatic heterocycles. The lowest BCUT2D eigenvalue weighted by Gasteiger charge is -2.16. The van der Waals surface area contributed by atoms with E-state index in [1.54, 1.807) is 0 Å². The van der Waals surface area contributed by atoms with Crippen LogP contribution in [0.1, 0.15) is 12.8 Å². The molecule has 0 aromatic heterocycles. The Morgan fingerprint density at radius 3 is 2.78 bits per heavy atom. The van der Waals surface area contributed by atoms with Crippen LogP contribution < -0.4 is 0 Å². The van der Waals surface area contributed by atoms with Gasteiger partial charge in [0.1, 0.15) is 6.17 Å². The van der Waals surface area contributed by atoms with E-state index in [0.29, 0.717) is 12.8 Å². The molecule has 0 heterocycles. The van der Waals surface area contributed by atoms with Crippen LogP contribution in [0.15, 0.2) is 10.6 Å². The molecule has 9 heavy (non-hydrogen) atoms. The maximum absolute atomic E-state index is 12.6. The van der Waals surface area contributed by atoms with Gasteiger partial charge in [-0.1, -0.05) is 37.9 Å². The highest BCUT2D eigenvalue weighted by molar-refractivity contribution is 9.12. The third kappa shape index (κ3) is 2.38. The summed E-state index contributed by atoms with van der Waals surface area (Å²) in [6.45, 7) is 0. The number of rotatable bonds is 0. The van der Waals surface area contributed by atoms with Gasteiger partial charge in [-0.25, -0.2) is 4.39 Å². The van der Waals surface area contributed by atoms with Crippen molar-refractivity contribution in [1.29, 1.82) is 0 Å². The van der Waals surface area contributed by atoms with Crippen molar-refractivity contribution in [3.8, 4) is 0 Å². The van der Waals surface area contributed by atoms with Crippen molar-refractivity contribution in [1.82, 2.24) is 0 Å². The predicted molar refractivity (Wildman–Crippen MR) is 43.9 cm³/mol. The molecule has 0 radical (unpaired) electrons. The molecule has 0 nitrogen and oxygen atoms in total. The van der Waals surface area contributed by atoms with Gasteiger partial charge in [0.25, 0.3) is 0 Å². The average molecular weight is 258 g/mol. The van der Waals surface area contributed by atoms with Crippen LogP contribution in [-0.2, 0) is 0 Å². The van der Waals surface area contributed by atoms with Crippen LogP contribution in [-0.4, -0.2) is 11.0 Å². The first-order chi connectivity index (χ1) is 4.18. The lowest BCUT2D eigenvalue weighted by molar-refractivity contribution is 0.314. The molecular formula is C6H7Br2F. The largest absolute Gasteiger partial charge is 0.247 e. The fraction of sp³-hybridized carbons (Fsp3) is 0.667. The van der Waals surface area contributed by atoms with E-state index in [9.17, 15) is 4.39 Å². The van der Waals surface area contributed by atoms with E-state index in [4.69, 9.17) is 0 Å². The van der Waals surface area contributed by atoms with Gasteiger partial charge in [0.2, 0.25) is 0 Å². The summed E-state index contributed by atoms with van der Waals surface area (Å²) < 4.78 is 13.6. The van der Waals surface area contributed by atoms with E-state index in [0.717, 1.165) is 4.48 Å². The molecular weight excluding hydrogens is 251 g/mol. The molecule has 0 spiro atoms. The molecule has 3 heteroatoms. The Hall–Kier alpha value is 0.630. The quantitative estimate of drug-likeness (QED) is 0.585. The van der Waals surface area contributed by atoms with E-state index in [1.165, 1.54) is 0 Å². The van der Waals surface area contributed by atoms with Crippen LogP contribution in [0.25, 0.3) is 0 Å². The van der Waals surface area contributed by atoms with Gasteiger partial charge >= 0.3 is 0 Å². The lowest BCUT2D eigenvalue weighted by Crippen LogP contribution is -2.12. The fourth-order valence-corrected chi connectivity index (χ4v) is 2.62. The van der Waals surface area contributed by atoms with E-state index in [-0.39, 0.29) is 4.83 Å². The van der Waals surface area contributed by atoms with Crippen molar-refractivity contribution in [3.63, 3.8) is 0 Å². The van der Waals surface area contributed by atoms with E-state index < -0.39 is 6.17 Å². The molecule has 0 saturated heterocycles. The standard InChI is InChI=1S/C6H7Br2F/c7-4-1-5(8)3-6(9)2-4/h1,4,6H,2-3H2. The highest BCUT2D eigenvalue weighted by Crippen LogP contribution is 2.28. The molecule has 0 aromatic rings. The van der Waals surface area contributed by atoms with E-state index in [1.807, 2.05) is 6.08 Å². The van der Waals surface area contributed by atoms with Crippen molar-refractivity contribution in [2.24, 2.45) is 0 Å². The van der Waals surface area contributed by atoms with Crippen molar-refractivity contribution >= 4 is 31.9 Å². The Labute approximate surface area is 70.8 Å². The van der Waals surface area contributed by atoms with Crippen molar-refractivity contribution < 1.29 is 4.39 Å². The van der Waals surface area contributed by atoms with Gasteiger partial charge in [0.05, 0.1) is 0 Å². The van der Waals surface area contributed by atoms with Crippen molar-refractivity contribution in [2.75, 3.05) is 0 Å². The van der Waals surface area contributed by atoms with Crippen LogP contribution in [0.5, 0.6) is 0 Å². The molecule has 2 unspecified atom stereocenters. The minimum atomic E-state index is -0.672. The Balaban J connectivity index is 2.56. The topological polar surface area (TPSA) is 0 Å². The zero-order valence-electron chi connectivity index (χ0n) is 4.78. The zero-order valence-corrected chi connectivity index (χ0v) is 7.95. The third-order valence-corrected chi connectivity index (χ3v) is 2.49. The maximum Gasteiger partial charge on any atom is 0.106 e. The summed E-state index contributed by atoms with van der Waals surface area (Å²) in [6.07, 6.45) is 2.47. The Morgan fingerprint density at radius 2 is 2.33 bits per heavy atom. The first-order valence-corrected chi connectivity index (χ1v) is 4.53. The van der Waals surface area contributed by atoms with Crippen molar-refractivity contribution in [2.45, 2.75) is 23.8 Å². The second kappa shape index (κ2) is 3.15. The first kappa shape index (κ1) is 7.73. The van der Waals surface area contributed by atoms with Gasteiger partial charge in [-0.2, -0.15) is 0 Å². The molecule has 0 saturated carbocycles. The molecule has 1 rings (SSSR count). The van der Waals surface area contributed by atoms with Crippen molar-refractivity contribution in [3.05, 3.63) is 10.6 Å². The SMILES string of the molecule is FC1CC(Br)=CC(Br)C1. The summed E-state index contributed by atoms with van der Waals surface area (Å²) in [6, 6.07) is 0. The summed E-state index contributed by atoms with van der Waals surface area (Å²) in [7, 11) is 0. The fourth-order valence-electron chi connectivity index (χ4n) is 0.872. The monoisotopic (exact) mass is 256 g/mol. The molecule has 1 aliphatic rings. The van der Waals surface area contributed by atoms with Crippen LogP contribution in [0.4, 0.5) is 4.39 Å². The Morgan fingerprint density at radius 1 is 1.67 bits per heavy atom. The van der Waals surface area contributed by atoms with Crippen LogP contribution >= 0.6 is 31.9 Å². The van der Waals surface area contributed by atoms with Gasteiger partial charge in [0.15, 0.2) is 0 Å². The maximum atomic E-state index is 12.6. The summed E-state index contributed by atoms with van der Waals surface area (Å²) in [4.78, 5) is 0.218. The highest BCUT2D eigenvalue weighted by Gasteiger charge is 2.18. The van der Waals surface area contributed by atoms with Gasteiger partial charge in [-0.05, 0) is 10.9 Å². The normalized spacial score (nSPS) is 36.1. The lowest BCUT2D eigenvalue weighted by atomic mass is 10.1. The molecule has 0 bridgehead atoms. The second-order valence-corrected chi connectivity index (χ2v) is 4.36. The van der Waals surface area contributed by atoms with E-state index >= 15 is 0 Å². The third-order valence-electron chi connectivity index (χ3n) is 1.26. The summed E-state index contributed by atoms with van der Waals surface area (Å²) >= 11 is 6.58. The molecule has 0 amide bonds. The smallest absolute Gasteiger partial charge is 0.106 e. The number of allylic oxidation sites excluding steroid dienone is 2. The number of hydrogen-bond acceptors (Lipinski definition) is 0. The average Bonchev–Trinajstić information content (AvgIpc) is 1.59. The predicted octanol–water partition coefficient (Wildman–Crippen LogP) is 3.16.